The standard InChI is InChI=1S/2C18H15P.C5H9P.Pt/c2*1-4-10-16(11-5-1)19(17-12-6-2-7-13-17)18-14-8-3-9-15-18;1-5(2,3)4-6;/h2*1-15H;1-3H3;. The maximum absolute atomic E-state index is 3.85. The van der Waals surface area contributed by atoms with Gasteiger partial charge in [-0.25, -0.2) is 0 Å². The van der Waals surface area contributed by atoms with Gasteiger partial charge in [-0.3, -0.25) is 0 Å². The molecule has 0 atom stereocenters. The van der Waals surface area contributed by atoms with E-state index in [2.05, 4.69) is 217 Å². The van der Waals surface area contributed by atoms with Gasteiger partial charge in [0.15, 0.2) is 0 Å². The number of rotatable bonds is 6. The van der Waals surface area contributed by atoms with Crippen LogP contribution in [0.2, 0.25) is 0 Å². The number of hydrogen-bond donors (Lipinski definition) is 0. The molecule has 0 N–H and O–H groups in total. The van der Waals surface area contributed by atoms with E-state index in [1.165, 1.54) is 31.8 Å². The van der Waals surface area contributed by atoms with Crippen molar-refractivity contribution in [1.29, 1.82) is 0 Å². The second kappa shape index (κ2) is 19.6. The van der Waals surface area contributed by atoms with E-state index in [1.54, 1.807) is 0 Å². The van der Waals surface area contributed by atoms with Gasteiger partial charge in [0.2, 0.25) is 0 Å². The van der Waals surface area contributed by atoms with Crippen molar-refractivity contribution < 1.29 is 21.1 Å². The zero-order chi connectivity index (χ0) is 31.0. The minimum Gasteiger partial charge on any atom is -0.0622 e. The zero-order valence-corrected chi connectivity index (χ0v) is 30.9. The van der Waals surface area contributed by atoms with Gasteiger partial charge in [0.1, 0.15) is 0 Å². The molecule has 6 aromatic carbocycles. The molecule has 228 valence electrons. The second-order valence-corrected chi connectivity index (χ2v) is 15.7. The Hall–Kier alpha value is -2.92. The van der Waals surface area contributed by atoms with Crippen LogP contribution >= 0.6 is 24.5 Å². The van der Waals surface area contributed by atoms with Crippen molar-refractivity contribution in [2.75, 3.05) is 0 Å². The van der Waals surface area contributed by atoms with Gasteiger partial charge in [0, 0.05) is 21.1 Å². The summed E-state index contributed by atoms with van der Waals surface area (Å²) in [6, 6.07) is 64.7. The van der Waals surface area contributed by atoms with Gasteiger partial charge in [-0.05, 0) is 47.7 Å². The molecule has 0 saturated carbocycles. The molecule has 0 fully saturated rings. The molecule has 0 amide bonds. The first-order chi connectivity index (χ1) is 21.5. The largest absolute Gasteiger partial charge is 0.0622 e. The van der Waals surface area contributed by atoms with E-state index in [1.807, 2.05) is 0 Å². The van der Waals surface area contributed by atoms with Gasteiger partial charge >= 0.3 is 40.5 Å². The van der Waals surface area contributed by atoms with Crippen LogP contribution in [-0.2, 0) is 21.1 Å². The van der Waals surface area contributed by atoms with E-state index >= 15 is 0 Å². The van der Waals surface area contributed by atoms with E-state index in [0.29, 0.717) is 0 Å². The fourth-order valence-electron chi connectivity index (χ4n) is 4.36. The average Bonchev–Trinajstić information content (AvgIpc) is 3.08. The Morgan fingerprint density at radius 1 is 0.356 bits per heavy atom. The summed E-state index contributed by atoms with van der Waals surface area (Å²) in [5.41, 5.74) is 2.95. The molecule has 4 heteroatoms. The van der Waals surface area contributed by atoms with Crippen LogP contribution < -0.4 is 31.8 Å². The summed E-state index contributed by atoms with van der Waals surface area (Å²) in [6.07, 6.45) is 0. The van der Waals surface area contributed by atoms with E-state index < -0.39 is 15.8 Å². The molecule has 0 spiro atoms. The second-order valence-electron chi connectivity index (χ2n) is 11.0. The van der Waals surface area contributed by atoms with Crippen molar-refractivity contribution in [3.63, 3.8) is 0 Å². The van der Waals surface area contributed by atoms with Gasteiger partial charge in [0.25, 0.3) is 0 Å². The van der Waals surface area contributed by atoms with Crippen molar-refractivity contribution in [2.24, 2.45) is 5.41 Å². The minimum absolute atomic E-state index is 0. The molecule has 0 unspecified atom stereocenters. The van der Waals surface area contributed by atoms with Crippen molar-refractivity contribution in [3.8, 4) is 5.63 Å². The third-order valence-electron chi connectivity index (χ3n) is 6.42. The van der Waals surface area contributed by atoms with Crippen LogP contribution in [0.3, 0.4) is 0 Å². The molecule has 0 aliphatic carbocycles. The molecule has 0 nitrogen and oxygen atoms in total. The van der Waals surface area contributed by atoms with E-state index in [9.17, 15) is 0 Å². The number of hydrogen-bond acceptors (Lipinski definition) is 0. The Balaban J connectivity index is 0.000000205. The third-order valence-corrected chi connectivity index (χ3v) is 12.0. The summed E-state index contributed by atoms with van der Waals surface area (Å²) < 4.78 is 0. The molecule has 0 saturated heterocycles. The molecule has 0 aromatic heterocycles. The van der Waals surface area contributed by atoms with Gasteiger partial charge < -0.3 is 0 Å². The third kappa shape index (κ3) is 12.1. The fraction of sp³-hybridized carbons (Fsp3) is 0.0976. The van der Waals surface area contributed by atoms with Gasteiger partial charge in [-0.1, -0.05) is 182 Å². The first-order valence-electron chi connectivity index (χ1n) is 14.8. The predicted molar refractivity (Wildman–Crippen MR) is 201 cm³/mol. The summed E-state index contributed by atoms with van der Waals surface area (Å²) in [5, 5.41) is 8.39. The summed E-state index contributed by atoms with van der Waals surface area (Å²) in [6.45, 7) is 6.17. The predicted octanol–water partition coefficient (Wildman–Crippen LogP) is 9.29. The van der Waals surface area contributed by atoms with Gasteiger partial charge in [-0.15, -0.1) is 0 Å². The summed E-state index contributed by atoms with van der Waals surface area (Å²) in [4.78, 5) is 0. The van der Waals surface area contributed by atoms with Crippen LogP contribution in [0, 0.1) is 11.0 Å². The molecule has 6 rings (SSSR count). The first kappa shape index (κ1) is 36.5. The monoisotopic (exact) mass is 819 g/mol. The van der Waals surface area contributed by atoms with Crippen molar-refractivity contribution in [3.05, 3.63) is 182 Å². The Labute approximate surface area is 289 Å². The van der Waals surface area contributed by atoms with Crippen molar-refractivity contribution in [1.82, 2.24) is 0 Å². The molecule has 0 bridgehead atoms. The van der Waals surface area contributed by atoms with Crippen LogP contribution in [0.1, 0.15) is 20.8 Å². The Morgan fingerprint density at radius 3 is 0.600 bits per heavy atom. The van der Waals surface area contributed by atoms with Crippen molar-refractivity contribution >= 4 is 56.4 Å². The first-order valence-corrected chi connectivity index (χ1v) is 17.9. The Morgan fingerprint density at radius 2 is 0.489 bits per heavy atom. The quantitative estimate of drug-likeness (QED) is 0.147. The number of benzene rings is 6. The minimum atomic E-state index is -0.446. The van der Waals surface area contributed by atoms with Crippen LogP contribution in [0.4, 0.5) is 0 Å². The van der Waals surface area contributed by atoms with E-state index in [-0.39, 0.29) is 26.5 Å². The molecule has 0 heterocycles. The Bertz CT molecular complexity index is 1360. The summed E-state index contributed by atoms with van der Waals surface area (Å²) in [7, 11) is 2.96. The fourth-order valence-corrected chi connectivity index (χ4v) is 8.97. The molecular weight excluding hydrogens is 780 g/mol. The van der Waals surface area contributed by atoms with Crippen LogP contribution in [0.15, 0.2) is 182 Å². The van der Waals surface area contributed by atoms with Crippen LogP contribution in [0.25, 0.3) is 0 Å². The maximum atomic E-state index is 3.85. The van der Waals surface area contributed by atoms with Crippen LogP contribution in [-0.4, -0.2) is 0 Å². The molecule has 0 aliphatic heterocycles. The van der Waals surface area contributed by atoms with Crippen LogP contribution in [0.5, 0.6) is 0 Å². The summed E-state index contributed by atoms with van der Waals surface area (Å²) >= 11 is 0. The van der Waals surface area contributed by atoms with Crippen molar-refractivity contribution in [2.45, 2.75) is 20.8 Å². The molecule has 0 aliphatic rings. The molecular formula is C41H39P3Pt. The molecule has 45 heavy (non-hydrogen) atoms. The summed E-state index contributed by atoms with van der Waals surface area (Å²) in [5.74, 6) is 0. The normalized spacial score (nSPS) is 10.3. The SMILES string of the molecule is CC(C)(C)C#P.[Pt].c1ccc(P(c2ccccc2)c2ccccc2)cc1.c1ccc(P(c2ccccc2)c2ccccc2)cc1. The van der Waals surface area contributed by atoms with E-state index in [4.69, 9.17) is 0 Å². The topological polar surface area (TPSA) is 0 Å². The zero-order valence-electron chi connectivity index (χ0n) is 26.0. The molecule has 0 radical (unpaired) electrons. The van der Waals surface area contributed by atoms with Gasteiger partial charge in [0.05, 0.1) is 0 Å². The average molecular weight is 820 g/mol. The maximum Gasteiger partial charge on any atom is 0 e. The van der Waals surface area contributed by atoms with E-state index in [0.717, 1.165) is 0 Å². The smallest absolute Gasteiger partial charge is 0 e. The molecule has 6 aromatic rings. The Kier molecular flexibility index (Phi) is 15.9. The van der Waals surface area contributed by atoms with Gasteiger partial charge in [-0.2, -0.15) is 0 Å².